The van der Waals surface area contributed by atoms with Gasteiger partial charge in [0.25, 0.3) is 0 Å². The van der Waals surface area contributed by atoms with Crippen molar-refractivity contribution < 1.29 is 0 Å². The standard InChI is InChI=1S/C14H11BrN2S/c1-18-14-5-3-2-4-13(14)17-12-7-6-11(15)8-10(12)9-16/h2-8,17H,1H3. The molecule has 0 fully saturated rings. The number of nitrogens with zero attached hydrogens (tertiary/aromatic N) is 1. The molecule has 0 bridgehead atoms. The van der Waals surface area contributed by atoms with E-state index in [9.17, 15) is 0 Å². The van der Waals surface area contributed by atoms with E-state index in [0.717, 1.165) is 20.7 Å². The van der Waals surface area contributed by atoms with E-state index in [1.54, 1.807) is 11.8 Å². The Kier molecular flexibility index (Phi) is 4.29. The van der Waals surface area contributed by atoms with Gasteiger partial charge in [-0.15, -0.1) is 11.8 Å². The van der Waals surface area contributed by atoms with Crippen molar-refractivity contribution in [3.63, 3.8) is 0 Å². The highest BCUT2D eigenvalue weighted by Crippen LogP contribution is 2.30. The van der Waals surface area contributed by atoms with Crippen LogP contribution in [0.4, 0.5) is 11.4 Å². The molecule has 2 nitrogen and oxygen atoms in total. The van der Waals surface area contributed by atoms with Crippen LogP contribution < -0.4 is 5.32 Å². The maximum Gasteiger partial charge on any atom is 0.101 e. The lowest BCUT2D eigenvalue weighted by Crippen LogP contribution is -1.95. The first-order valence-electron chi connectivity index (χ1n) is 5.34. The van der Waals surface area contributed by atoms with E-state index in [0.29, 0.717) is 5.56 Å². The molecule has 2 rings (SSSR count). The van der Waals surface area contributed by atoms with Crippen LogP contribution in [0.2, 0.25) is 0 Å². The Balaban J connectivity index is 2.37. The van der Waals surface area contributed by atoms with E-state index in [2.05, 4.69) is 33.4 Å². The molecule has 0 heterocycles. The van der Waals surface area contributed by atoms with Crippen LogP contribution in [0.25, 0.3) is 0 Å². The van der Waals surface area contributed by atoms with Crippen molar-refractivity contribution in [1.82, 2.24) is 0 Å². The lowest BCUT2D eigenvalue weighted by Gasteiger charge is -2.11. The monoisotopic (exact) mass is 318 g/mol. The Morgan fingerprint density at radius 1 is 1.17 bits per heavy atom. The number of rotatable bonds is 3. The van der Waals surface area contributed by atoms with Crippen LogP contribution in [0, 0.1) is 11.3 Å². The van der Waals surface area contributed by atoms with Gasteiger partial charge in [-0.05, 0) is 36.6 Å². The lowest BCUT2D eigenvalue weighted by molar-refractivity contribution is 1.39. The molecule has 0 aliphatic rings. The second kappa shape index (κ2) is 5.94. The van der Waals surface area contributed by atoms with E-state index < -0.39 is 0 Å². The maximum absolute atomic E-state index is 9.13. The Morgan fingerprint density at radius 2 is 1.94 bits per heavy atom. The smallest absolute Gasteiger partial charge is 0.101 e. The van der Waals surface area contributed by atoms with Crippen LogP contribution >= 0.6 is 27.7 Å². The van der Waals surface area contributed by atoms with Crippen LogP contribution in [-0.2, 0) is 0 Å². The van der Waals surface area contributed by atoms with Gasteiger partial charge in [0, 0.05) is 9.37 Å². The van der Waals surface area contributed by atoms with E-state index in [1.165, 1.54) is 0 Å². The zero-order chi connectivity index (χ0) is 13.0. The van der Waals surface area contributed by atoms with Gasteiger partial charge in [0.2, 0.25) is 0 Å². The summed E-state index contributed by atoms with van der Waals surface area (Å²) in [6.45, 7) is 0. The Labute approximate surface area is 119 Å². The van der Waals surface area contributed by atoms with Crippen LogP contribution in [-0.4, -0.2) is 6.26 Å². The van der Waals surface area contributed by atoms with E-state index in [1.807, 2.05) is 42.7 Å². The minimum absolute atomic E-state index is 0.625. The molecule has 90 valence electrons. The first-order valence-corrected chi connectivity index (χ1v) is 7.36. The van der Waals surface area contributed by atoms with Gasteiger partial charge in [0.05, 0.1) is 16.9 Å². The second-order valence-corrected chi connectivity index (χ2v) is 5.39. The molecule has 0 aliphatic heterocycles. The number of hydrogen-bond acceptors (Lipinski definition) is 3. The molecule has 0 unspecified atom stereocenters. The predicted octanol–water partition coefficient (Wildman–Crippen LogP) is 4.79. The number of para-hydroxylation sites is 1. The molecule has 2 aromatic carbocycles. The fourth-order valence-corrected chi connectivity index (χ4v) is 2.53. The van der Waals surface area contributed by atoms with Crippen LogP contribution in [0.1, 0.15) is 5.56 Å². The van der Waals surface area contributed by atoms with Crippen molar-refractivity contribution in [1.29, 1.82) is 5.26 Å². The average molecular weight is 319 g/mol. The molecule has 0 aliphatic carbocycles. The minimum Gasteiger partial charge on any atom is -0.354 e. The molecule has 0 radical (unpaired) electrons. The third-order valence-corrected chi connectivity index (χ3v) is 3.77. The van der Waals surface area contributed by atoms with Gasteiger partial charge in [-0.1, -0.05) is 28.1 Å². The summed E-state index contributed by atoms with van der Waals surface area (Å²) in [5.74, 6) is 0. The summed E-state index contributed by atoms with van der Waals surface area (Å²) in [7, 11) is 0. The zero-order valence-corrected chi connectivity index (χ0v) is 12.2. The van der Waals surface area contributed by atoms with Crippen molar-refractivity contribution in [2.24, 2.45) is 0 Å². The van der Waals surface area contributed by atoms with Gasteiger partial charge in [-0.25, -0.2) is 0 Å². The van der Waals surface area contributed by atoms with Crippen molar-refractivity contribution in [3.05, 3.63) is 52.5 Å². The summed E-state index contributed by atoms with van der Waals surface area (Å²) in [6, 6.07) is 15.9. The lowest BCUT2D eigenvalue weighted by atomic mass is 10.2. The Morgan fingerprint density at radius 3 is 2.67 bits per heavy atom. The van der Waals surface area contributed by atoms with Crippen molar-refractivity contribution in [2.75, 3.05) is 11.6 Å². The molecular formula is C14H11BrN2S. The van der Waals surface area contributed by atoms with Gasteiger partial charge in [-0.3, -0.25) is 0 Å². The number of anilines is 2. The fourth-order valence-electron chi connectivity index (χ4n) is 1.61. The van der Waals surface area contributed by atoms with E-state index >= 15 is 0 Å². The third-order valence-electron chi connectivity index (χ3n) is 2.48. The molecule has 2 aromatic rings. The molecular weight excluding hydrogens is 308 g/mol. The summed E-state index contributed by atoms with van der Waals surface area (Å²) in [5.41, 5.74) is 2.46. The Bertz CT molecular complexity index is 605. The molecule has 0 atom stereocenters. The normalized spacial score (nSPS) is 9.83. The molecule has 0 saturated heterocycles. The SMILES string of the molecule is CSc1ccccc1Nc1ccc(Br)cc1C#N. The van der Waals surface area contributed by atoms with E-state index in [4.69, 9.17) is 5.26 Å². The topological polar surface area (TPSA) is 35.8 Å². The Hall–Kier alpha value is -1.44. The largest absolute Gasteiger partial charge is 0.354 e. The minimum atomic E-state index is 0.625. The molecule has 18 heavy (non-hydrogen) atoms. The van der Waals surface area contributed by atoms with Crippen molar-refractivity contribution in [2.45, 2.75) is 4.90 Å². The number of halogens is 1. The van der Waals surface area contributed by atoms with Gasteiger partial charge >= 0.3 is 0 Å². The van der Waals surface area contributed by atoms with Crippen LogP contribution in [0.15, 0.2) is 51.8 Å². The number of thioether (sulfide) groups is 1. The quantitative estimate of drug-likeness (QED) is 0.827. The van der Waals surface area contributed by atoms with Crippen LogP contribution in [0.5, 0.6) is 0 Å². The molecule has 0 amide bonds. The second-order valence-electron chi connectivity index (χ2n) is 3.63. The summed E-state index contributed by atoms with van der Waals surface area (Å²) in [5, 5.41) is 12.4. The molecule has 0 spiro atoms. The summed E-state index contributed by atoms with van der Waals surface area (Å²) >= 11 is 5.04. The number of benzene rings is 2. The highest BCUT2D eigenvalue weighted by Gasteiger charge is 2.05. The van der Waals surface area contributed by atoms with Gasteiger partial charge in [0.15, 0.2) is 0 Å². The fraction of sp³-hybridized carbons (Fsp3) is 0.0714. The molecule has 0 saturated carbocycles. The number of hydrogen-bond donors (Lipinski definition) is 1. The molecule has 0 aromatic heterocycles. The first kappa shape index (κ1) is 13.0. The molecule has 1 N–H and O–H groups in total. The summed E-state index contributed by atoms with van der Waals surface area (Å²) in [6.07, 6.45) is 2.04. The highest BCUT2D eigenvalue weighted by atomic mass is 79.9. The van der Waals surface area contributed by atoms with Crippen molar-refractivity contribution in [3.8, 4) is 6.07 Å². The van der Waals surface area contributed by atoms with Crippen molar-refractivity contribution >= 4 is 39.1 Å². The number of nitrogens with one attached hydrogen (secondary N) is 1. The molecule has 4 heteroatoms. The maximum atomic E-state index is 9.13. The van der Waals surface area contributed by atoms with Gasteiger partial charge < -0.3 is 5.32 Å². The predicted molar refractivity (Wildman–Crippen MR) is 80.4 cm³/mol. The summed E-state index contributed by atoms with van der Waals surface area (Å²) < 4.78 is 0.905. The van der Waals surface area contributed by atoms with Crippen LogP contribution in [0.3, 0.4) is 0 Å². The average Bonchev–Trinajstić information content (AvgIpc) is 2.41. The first-order chi connectivity index (χ1) is 8.74. The third kappa shape index (κ3) is 2.87. The van der Waals surface area contributed by atoms with E-state index in [-0.39, 0.29) is 0 Å². The summed E-state index contributed by atoms with van der Waals surface area (Å²) in [4.78, 5) is 1.16. The number of nitriles is 1. The zero-order valence-electron chi connectivity index (χ0n) is 9.77. The van der Waals surface area contributed by atoms with Gasteiger partial charge in [-0.2, -0.15) is 5.26 Å². The highest BCUT2D eigenvalue weighted by molar-refractivity contribution is 9.10. The van der Waals surface area contributed by atoms with Gasteiger partial charge in [0.1, 0.15) is 6.07 Å².